The van der Waals surface area contributed by atoms with E-state index in [0.717, 1.165) is 10.8 Å². The molecule has 3 aromatic carbocycles. The van der Waals surface area contributed by atoms with Crippen LogP contribution in [0, 0.1) is 0 Å². The molecule has 1 unspecified atom stereocenters. The number of fused-ring (bicyclic) bond motifs is 1. The van der Waals surface area contributed by atoms with Crippen LogP contribution < -0.4 is 0 Å². The van der Waals surface area contributed by atoms with E-state index in [4.69, 9.17) is 0 Å². The first-order chi connectivity index (χ1) is 10.5. The number of aromatic hydroxyl groups is 1. The van der Waals surface area contributed by atoms with Gasteiger partial charge in [0, 0.05) is 0 Å². The van der Waals surface area contributed by atoms with Crippen LogP contribution >= 0.6 is 0 Å². The van der Waals surface area contributed by atoms with Crippen molar-refractivity contribution >= 4 is 16.7 Å². The van der Waals surface area contributed by atoms with E-state index in [0.29, 0.717) is 11.1 Å². The lowest BCUT2D eigenvalue weighted by molar-refractivity contribution is -0.141. The van der Waals surface area contributed by atoms with Crippen molar-refractivity contribution in [3.8, 4) is 5.75 Å². The Bertz CT molecular complexity index is 837. The van der Waals surface area contributed by atoms with Crippen molar-refractivity contribution in [3.05, 3.63) is 77.9 Å². The Kier molecular flexibility index (Phi) is 3.33. The molecule has 0 aliphatic rings. The zero-order chi connectivity index (χ0) is 15.7. The largest absolute Gasteiger partial charge is 0.508 e. The van der Waals surface area contributed by atoms with Gasteiger partial charge < -0.3 is 10.2 Å². The lowest BCUT2D eigenvalue weighted by atomic mass is 9.76. The van der Waals surface area contributed by atoms with Gasteiger partial charge in [0.15, 0.2) is 0 Å². The minimum absolute atomic E-state index is 0.120. The maximum Gasteiger partial charge on any atom is 0.318 e. The van der Waals surface area contributed by atoms with Crippen molar-refractivity contribution in [2.75, 3.05) is 0 Å². The molecule has 0 aromatic heterocycles. The van der Waals surface area contributed by atoms with Gasteiger partial charge in [-0.25, -0.2) is 0 Å². The van der Waals surface area contributed by atoms with Crippen molar-refractivity contribution in [2.45, 2.75) is 12.3 Å². The van der Waals surface area contributed by atoms with Crippen molar-refractivity contribution in [1.82, 2.24) is 0 Å². The zero-order valence-electron chi connectivity index (χ0n) is 12.2. The minimum atomic E-state index is -1.17. The molecule has 2 N–H and O–H groups in total. The second-order valence-corrected chi connectivity index (χ2v) is 5.54. The van der Waals surface area contributed by atoms with Crippen LogP contribution in [0.25, 0.3) is 10.8 Å². The summed E-state index contributed by atoms with van der Waals surface area (Å²) in [6, 6.07) is 19.9. The van der Waals surface area contributed by atoms with Crippen LogP contribution in [0.5, 0.6) is 5.75 Å². The van der Waals surface area contributed by atoms with Gasteiger partial charge in [0.05, 0.1) is 0 Å². The molecule has 3 aromatic rings. The van der Waals surface area contributed by atoms with Crippen molar-refractivity contribution in [2.24, 2.45) is 0 Å². The van der Waals surface area contributed by atoms with Crippen LogP contribution in [0.2, 0.25) is 0 Å². The Labute approximate surface area is 128 Å². The number of aliphatic carboxylic acids is 1. The second kappa shape index (κ2) is 5.19. The van der Waals surface area contributed by atoms with Gasteiger partial charge in [-0.3, -0.25) is 4.79 Å². The molecule has 22 heavy (non-hydrogen) atoms. The number of phenolic OH excluding ortho intramolecular Hbond substituents is 1. The Morgan fingerprint density at radius 2 is 1.45 bits per heavy atom. The molecule has 3 rings (SSSR count). The lowest BCUT2D eigenvalue weighted by Crippen LogP contribution is -2.33. The molecule has 110 valence electrons. The molecular weight excluding hydrogens is 276 g/mol. The first kappa shape index (κ1) is 14.1. The molecular formula is C19H16O3. The molecule has 0 radical (unpaired) electrons. The summed E-state index contributed by atoms with van der Waals surface area (Å²) in [5.74, 6) is -0.802. The average molecular weight is 292 g/mol. The third kappa shape index (κ3) is 2.21. The van der Waals surface area contributed by atoms with Gasteiger partial charge in [0.25, 0.3) is 0 Å². The fourth-order valence-electron chi connectivity index (χ4n) is 2.71. The van der Waals surface area contributed by atoms with Crippen LogP contribution in [0.15, 0.2) is 66.7 Å². The minimum Gasteiger partial charge on any atom is -0.508 e. The normalized spacial score (nSPS) is 13.7. The molecule has 0 saturated carbocycles. The van der Waals surface area contributed by atoms with Gasteiger partial charge >= 0.3 is 5.97 Å². The smallest absolute Gasteiger partial charge is 0.318 e. The van der Waals surface area contributed by atoms with E-state index < -0.39 is 11.4 Å². The van der Waals surface area contributed by atoms with Crippen LogP contribution in [0.1, 0.15) is 18.1 Å². The van der Waals surface area contributed by atoms with Crippen molar-refractivity contribution in [1.29, 1.82) is 0 Å². The van der Waals surface area contributed by atoms with E-state index >= 15 is 0 Å². The molecule has 0 heterocycles. The molecule has 3 nitrogen and oxygen atoms in total. The number of carboxylic acids is 1. The molecule has 0 bridgehead atoms. The Morgan fingerprint density at radius 1 is 0.864 bits per heavy atom. The number of carbonyl (C=O) groups is 1. The summed E-state index contributed by atoms with van der Waals surface area (Å²) in [7, 11) is 0. The van der Waals surface area contributed by atoms with Crippen molar-refractivity contribution < 1.29 is 15.0 Å². The highest BCUT2D eigenvalue weighted by Gasteiger charge is 2.37. The van der Waals surface area contributed by atoms with Crippen LogP contribution in [0.3, 0.4) is 0 Å². The first-order valence-corrected chi connectivity index (χ1v) is 7.04. The highest BCUT2D eigenvalue weighted by Crippen LogP contribution is 2.34. The summed E-state index contributed by atoms with van der Waals surface area (Å²) < 4.78 is 0. The molecule has 0 amide bonds. The quantitative estimate of drug-likeness (QED) is 0.769. The van der Waals surface area contributed by atoms with Gasteiger partial charge in [-0.05, 0) is 47.0 Å². The SMILES string of the molecule is CC(C(=O)O)(c1ccc(O)cc1)c1ccc2ccccc2c1. The van der Waals surface area contributed by atoms with Gasteiger partial charge in [0.2, 0.25) is 0 Å². The summed E-state index contributed by atoms with van der Waals surface area (Å²) in [6.45, 7) is 1.69. The summed E-state index contributed by atoms with van der Waals surface area (Å²) >= 11 is 0. The number of benzene rings is 3. The van der Waals surface area contributed by atoms with E-state index in [1.807, 2.05) is 42.5 Å². The zero-order valence-corrected chi connectivity index (χ0v) is 12.2. The number of hydrogen-bond acceptors (Lipinski definition) is 2. The van der Waals surface area contributed by atoms with E-state index in [9.17, 15) is 15.0 Å². The number of rotatable bonds is 3. The highest BCUT2D eigenvalue weighted by atomic mass is 16.4. The van der Waals surface area contributed by atoms with Gasteiger partial charge in [-0.2, -0.15) is 0 Å². The summed E-state index contributed by atoms with van der Waals surface area (Å²) in [5.41, 5.74) is 0.176. The maximum absolute atomic E-state index is 12.0. The van der Waals surface area contributed by atoms with E-state index in [2.05, 4.69) is 0 Å². The summed E-state index contributed by atoms with van der Waals surface area (Å²) in [5, 5.41) is 21.3. The van der Waals surface area contributed by atoms with Gasteiger partial charge in [-0.15, -0.1) is 0 Å². The van der Waals surface area contributed by atoms with E-state index in [1.165, 1.54) is 12.1 Å². The monoisotopic (exact) mass is 292 g/mol. The Morgan fingerprint density at radius 3 is 2.09 bits per heavy atom. The highest BCUT2D eigenvalue weighted by molar-refractivity contribution is 5.89. The third-order valence-corrected chi connectivity index (χ3v) is 4.20. The molecule has 0 saturated heterocycles. The fourth-order valence-corrected chi connectivity index (χ4v) is 2.71. The van der Waals surface area contributed by atoms with Gasteiger partial charge in [-0.1, -0.05) is 48.5 Å². The Hall–Kier alpha value is -2.81. The number of phenols is 1. The number of carboxylic acid groups (broad SMARTS) is 1. The average Bonchev–Trinajstić information content (AvgIpc) is 2.54. The van der Waals surface area contributed by atoms with Crippen LogP contribution in [0.4, 0.5) is 0 Å². The third-order valence-electron chi connectivity index (χ3n) is 4.20. The predicted molar refractivity (Wildman–Crippen MR) is 86.1 cm³/mol. The predicted octanol–water partition coefficient (Wildman–Crippen LogP) is 3.94. The van der Waals surface area contributed by atoms with Crippen molar-refractivity contribution in [3.63, 3.8) is 0 Å². The summed E-state index contributed by atoms with van der Waals surface area (Å²) in [4.78, 5) is 12.0. The lowest BCUT2D eigenvalue weighted by Gasteiger charge is -2.26. The maximum atomic E-state index is 12.0. The topological polar surface area (TPSA) is 57.5 Å². The second-order valence-electron chi connectivity index (χ2n) is 5.54. The molecule has 3 heteroatoms. The molecule has 1 atom stereocenters. The van der Waals surface area contributed by atoms with E-state index in [-0.39, 0.29) is 5.75 Å². The van der Waals surface area contributed by atoms with Gasteiger partial charge in [0.1, 0.15) is 11.2 Å². The molecule has 0 spiro atoms. The standard InChI is InChI=1S/C19H16O3/c1-19(18(21)22,15-8-10-17(20)11-9-15)16-7-6-13-4-2-3-5-14(13)12-16/h2-12,20H,1H3,(H,21,22). The van der Waals surface area contributed by atoms with E-state index in [1.54, 1.807) is 19.1 Å². The van der Waals surface area contributed by atoms with Crippen LogP contribution in [-0.2, 0) is 10.2 Å². The molecule has 0 aliphatic carbocycles. The first-order valence-electron chi connectivity index (χ1n) is 7.04. The molecule has 0 fully saturated rings. The Balaban J connectivity index is 2.20. The fraction of sp³-hybridized carbons (Fsp3) is 0.105. The summed E-state index contributed by atoms with van der Waals surface area (Å²) in [6.07, 6.45) is 0. The van der Waals surface area contributed by atoms with Crippen LogP contribution in [-0.4, -0.2) is 16.2 Å². The molecule has 0 aliphatic heterocycles. The number of hydrogen-bond donors (Lipinski definition) is 2.